The summed E-state index contributed by atoms with van der Waals surface area (Å²) in [5, 5.41) is 2.25. The number of fused-ring (bicyclic) bond motifs is 3. The van der Waals surface area contributed by atoms with Crippen LogP contribution in [0.25, 0.3) is 21.9 Å². The molecule has 0 saturated carbocycles. The third-order valence-electron chi connectivity index (χ3n) is 6.74. The SMILES string of the molecule is CC(C)COC1CCCN(C(=O)CN2CCN(c3ccnc4cnc5[nH]ccc5c34)CC2)C1. The summed E-state index contributed by atoms with van der Waals surface area (Å²) in [7, 11) is 0. The van der Waals surface area contributed by atoms with Gasteiger partial charge in [0.25, 0.3) is 0 Å². The van der Waals surface area contributed by atoms with Crippen LogP contribution in [0.5, 0.6) is 0 Å². The van der Waals surface area contributed by atoms with Crippen molar-refractivity contribution in [1.82, 2.24) is 24.8 Å². The maximum absolute atomic E-state index is 13.0. The summed E-state index contributed by atoms with van der Waals surface area (Å²) in [6, 6.07) is 4.17. The molecular formula is C25H34N6O2. The predicted molar refractivity (Wildman–Crippen MR) is 130 cm³/mol. The zero-order chi connectivity index (χ0) is 22.8. The molecule has 8 nitrogen and oxygen atoms in total. The maximum Gasteiger partial charge on any atom is 0.236 e. The minimum Gasteiger partial charge on any atom is -0.376 e. The topological polar surface area (TPSA) is 77.6 Å². The molecule has 176 valence electrons. The Morgan fingerprint density at radius 1 is 1.18 bits per heavy atom. The van der Waals surface area contributed by atoms with Crippen LogP contribution in [0.3, 0.4) is 0 Å². The Kier molecular flexibility index (Phi) is 6.46. The van der Waals surface area contributed by atoms with Gasteiger partial charge in [0.15, 0.2) is 0 Å². The molecule has 2 aliphatic rings. The van der Waals surface area contributed by atoms with Gasteiger partial charge >= 0.3 is 0 Å². The molecule has 5 heterocycles. The zero-order valence-electron chi connectivity index (χ0n) is 19.7. The molecule has 1 amide bonds. The molecule has 2 aliphatic heterocycles. The molecular weight excluding hydrogens is 416 g/mol. The third kappa shape index (κ3) is 4.82. The maximum atomic E-state index is 13.0. The van der Waals surface area contributed by atoms with Crippen molar-refractivity contribution < 1.29 is 9.53 Å². The molecule has 0 bridgehead atoms. The first-order valence-corrected chi connectivity index (χ1v) is 12.2. The normalized spacial score (nSPS) is 20.3. The highest BCUT2D eigenvalue weighted by Gasteiger charge is 2.27. The van der Waals surface area contributed by atoms with E-state index in [0.717, 1.165) is 80.7 Å². The van der Waals surface area contributed by atoms with Gasteiger partial charge in [0.2, 0.25) is 5.91 Å². The molecule has 3 aromatic rings. The largest absolute Gasteiger partial charge is 0.376 e. The number of hydrogen-bond donors (Lipinski definition) is 1. The number of nitrogens with one attached hydrogen (secondary N) is 1. The van der Waals surface area contributed by atoms with Crippen LogP contribution in [0, 0.1) is 5.92 Å². The van der Waals surface area contributed by atoms with E-state index in [2.05, 4.69) is 50.7 Å². The first-order chi connectivity index (χ1) is 16.1. The minimum absolute atomic E-state index is 0.182. The molecule has 0 spiro atoms. The third-order valence-corrected chi connectivity index (χ3v) is 6.74. The van der Waals surface area contributed by atoms with E-state index in [1.54, 1.807) is 0 Å². The number of nitrogens with zero attached hydrogens (tertiary/aromatic N) is 5. The summed E-state index contributed by atoms with van der Waals surface area (Å²) in [4.78, 5) is 31.9. The standard InChI is InChI=1S/C25H34N6O2/c1-18(2)17-33-19-4-3-9-31(15-19)23(32)16-29-10-12-30(13-11-29)22-6-8-26-21-14-28-25-20(24(21)22)5-7-27-25/h5-8,14,18-19H,3-4,9-13,15-17H2,1-2H3,(H,27,28). The van der Waals surface area contributed by atoms with Gasteiger partial charge in [0.1, 0.15) is 5.65 Å². The Morgan fingerprint density at radius 2 is 2.03 bits per heavy atom. The van der Waals surface area contributed by atoms with Crippen LogP contribution in [0.1, 0.15) is 26.7 Å². The van der Waals surface area contributed by atoms with Crippen molar-refractivity contribution in [2.45, 2.75) is 32.8 Å². The van der Waals surface area contributed by atoms with Gasteiger partial charge in [-0.3, -0.25) is 14.7 Å². The number of H-pyrrole nitrogens is 1. The van der Waals surface area contributed by atoms with E-state index < -0.39 is 0 Å². The van der Waals surface area contributed by atoms with Crippen molar-refractivity contribution in [2.75, 3.05) is 57.3 Å². The number of hydrogen-bond acceptors (Lipinski definition) is 6. The second kappa shape index (κ2) is 9.65. The summed E-state index contributed by atoms with van der Waals surface area (Å²) in [5.74, 6) is 0.755. The summed E-state index contributed by atoms with van der Waals surface area (Å²) in [6.45, 7) is 10.7. The Balaban J connectivity index is 1.20. The van der Waals surface area contributed by atoms with Crippen LogP contribution in [-0.2, 0) is 9.53 Å². The highest BCUT2D eigenvalue weighted by atomic mass is 16.5. The van der Waals surface area contributed by atoms with Crippen LogP contribution in [0.15, 0.2) is 30.7 Å². The molecule has 1 atom stereocenters. The highest BCUT2D eigenvalue weighted by Crippen LogP contribution is 2.31. The van der Waals surface area contributed by atoms with Crippen molar-refractivity contribution in [1.29, 1.82) is 0 Å². The van der Waals surface area contributed by atoms with E-state index >= 15 is 0 Å². The van der Waals surface area contributed by atoms with Crippen molar-refractivity contribution in [3.05, 3.63) is 30.7 Å². The highest BCUT2D eigenvalue weighted by molar-refractivity contribution is 6.09. The van der Waals surface area contributed by atoms with Gasteiger partial charge < -0.3 is 19.5 Å². The fourth-order valence-corrected chi connectivity index (χ4v) is 4.97. The lowest BCUT2D eigenvalue weighted by Gasteiger charge is -2.38. The number of likely N-dealkylation sites (tertiary alicyclic amines) is 1. The van der Waals surface area contributed by atoms with Gasteiger partial charge in [-0.25, -0.2) is 4.98 Å². The number of pyridine rings is 2. The van der Waals surface area contributed by atoms with Crippen molar-refractivity contribution >= 4 is 33.5 Å². The second-order valence-corrected chi connectivity index (χ2v) is 9.68. The van der Waals surface area contributed by atoms with Crippen LogP contribution in [0.2, 0.25) is 0 Å². The number of carbonyl (C=O) groups is 1. The molecule has 2 fully saturated rings. The van der Waals surface area contributed by atoms with Crippen LogP contribution >= 0.6 is 0 Å². The van der Waals surface area contributed by atoms with Crippen molar-refractivity contribution in [3.8, 4) is 0 Å². The fraction of sp³-hybridized carbons (Fsp3) is 0.560. The molecule has 33 heavy (non-hydrogen) atoms. The number of carbonyl (C=O) groups excluding carboxylic acids is 1. The molecule has 8 heteroatoms. The van der Waals surface area contributed by atoms with Gasteiger partial charge in [-0.15, -0.1) is 0 Å². The van der Waals surface area contributed by atoms with E-state index in [-0.39, 0.29) is 12.0 Å². The van der Waals surface area contributed by atoms with E-state index in [4.69, 9.17) is 4.74 Å². The van der Waals surface area contributed by atoms with Gasteiger partial charge in [-0.05, 0) is 30.9 Å². The average molecular weight is 451 g/mol. The Bertz CT molecular complexity index is 1100. The molecule has 0 aliphatic carbocycles. The fourth-order valence-electron chi connectivity index (χ4n) is 4.97. The summed E-state index contributed by atoms with van der Waals surface area (Å²) < 4.78 is 6.01. The molecule has 1 N–H and O–H groups in total. The lowest BCUT2D eigenvalue weighted by atomic mass is 10.1. The average Bonchev–Trinajstić information content (AvgIpc) is 3.32. The lowest BCUT2D eigenvalue weighted by Crippen LogP contribution is -2.52. The van der Waals surface area contributed by atoms with E-state index in [1.165, 1.54) is 5.69 Å². The zero-order valence-corrected chi connectivity index (χ0v) is 19.7. The quantitative estimate of drug-likeness (QED) is 0.622. The van der Waals surface area contributed by atoms with Gasteiger partial charge in [-0.2, -0.15) is 0 Å². The van der Waals surface area contributed by atoms with E-state index in [9.17, 15) is 4.79 Å². The van der Waals surface area contributed by atoms with Gasteiger partial charge in [0, 0.05) is 74.7 Å². The van der Waals surface area contributed by atoms with Crippen molar-refractivity contribution in [3.63, 3.8) is 0 Å². The Morgan fingerprint density at radius 3 is 2.85 bits per heavy atom. The summed E-state index contributed by atoms with van der Waals surface area (Å²) in [6.07, 6.45) is 7.89. The van der Waals surface area contributed by atoms with Gasteiger partial charge in [0.05, 0.1) is 24.4 Å². The smallest absolute Gasteiger partial charge is 0.236 e. The lowest BCUT2D eigenvalue weighted by molar-refractivity contribution is -0.136. The first-order valence-electron chi connectivity index (χ1n) is 12.2. The number of piperazine rings is 1. The van der Waals surface area contributed by atoms with E-state index in [1.807, 2.05) is 23.5 Å². The molecule has 2 saturated heterocycles. The van der Waals surface area contributed by atoms with Gasteiger partial charge in [-0.1, -0.05) is 13.8 Å². The molecule has 0 aromatic carbocycles. The number of anilines is 1. The first kappa shape index (κ1) is 22.1. The van der Waals surface area contributed by atoms with Crippen LogP contribution in [0.4, 0.5) is 5.69 Å². The number of rotatable bonds is 6. The van der Waals surface area contributed by atoms with Crippen molar-refractivity contribution in [2.24, 2.45) is 5.92 Å². The molecule has 5 rings (SSSR count). The second-order valence-electron chi connectivity index (χ2n) is 9.68. The number of aromatic nitrogens is 3. The van der Waals surface area contributed by atoms with E-state index in [0.29, 0.717) is 12.5 Å². The van der Waals surface area contributed by atoms with Crippen LogP contribution < -0.4 is 4.90 Å². The molecule has 0 radical (unpaired) electrons. The monoisotopic (exact) mass is 450 g/mol. The molecule has 3 aromatic heterocycles. The predicted octanol–water partition coefficient (Wildman–Crippen LogP) is 2.90. The number of ether oxygens (including phenoxy) is 1. The summed E-state index contributed by atoms with van der Waals surface area (Å²) in [5.41, 5.74) is 2.99. The Labute approximate surface area is 194 Å². The number of aromatic amines is 1. The number of piperidine rings is 1. The Hall–Kier alpha value is -2.71. The van der Waals surface area contributed by atoms with Crippen LogP contribution in [-0.4, -0.2) is 89.2 Å². The minimum atomic E-state index is 0.182. The number of amides is 1. The molecule has 1 unspecified atom stereocenters. The summed E-state index contributed by atoms with van der Waals surface area (Å²) >= 11 is 0.